The quantitative estimate of drug-likeness (QED) is 0.604. The summed E-state index contributed by atoms with van der Waals surface area (Å²) in [6.07, 6.45) is 6.78. The van der Waals surface area contributed by atoms with Crippen molar-refractivity contribution in [3.63, 3.8) is 0 Å². The van der Waals surface area contributed by atoms with Gasteiger partial charge in [0, 0.05) is 0 Å². The van der Waals surface area contributed by atoms with Crippen LogP contribution >= 0.6 is 0 Å². The molecule has 0 saturated carbocycles. The number of hydrogen-bond donors (Lipinski definition) is 0. The van der Waals surface area contributed by atoms with Crippen LogP contribution in [0.1, 0.15) is 47.2 Å². The van der Waals surface area contributed by atoms with E-state index < -0.39 is 0 Å². The molecule has 0 aliphatic heterocycles. The lowest BCUT2D eigenvalue weighted by atomic mass is 9.77. The van der Waals surface area contributed by atoms with E-state index in [-0.39, 0.29) is 0 Å². The zero-order chi connectivity index (χ0) is 13.4. The molecule has 0 fully saturated rings. The normalized spacial score (nSPS) is 19.4. The van der Waals surface area contributed by atoms with Crippen molar-refractivity contribution in [3.05, 3.63) is 56.7 Å². The first-order valence-corrected chi connectivity index (χ1v) is 6.90. The van der Waals surface area contributed by atoms with Gasteiger partial charge in [0.2, 0.25) is 0 Å². The van der Waals surface area contributed by atoms with Crippen LogP contribution in [0.15, 0.2) is 23.3 Å². The molecule has 1 aliphatic rings. The van der Waals surface area contributed by atoms with Crippen molar-refractivity contribution in [2.45, 2.75) is 54.4 Å². The van der Waals surface area contributed by atoms with Gasteiger partial charge in [-0.15, -0.1) is 0 Å². The zero-order valence-electron chi connectivity index (χ0n) is 12.6. The van der Waals surface area contributed by atoms with E-state index in [9.17, 15) is 0 Å². The molecule has 1 aliphatic carbocycles. The zero-order valence-corrected chi connectivity index (χ0v) is 12.6. The van der Waals surface area contributed by atoms with Crippen LogP contribution in [0.4, 0.5) is 0 Å². The van der Waals surface area contributed by atoms with Gasteiger partial charge >= 0.3 is 0 Å². The predicted octanol–water partition coefficient (Wildman–Crippen LogP) is 4.91. The number of hydrogen-bond acceptors (Lipinski definition) is 0. The predicted molar refractivity (Wildman–Crippen MR) is 80.3 cm³/mol. The van der Waals surface area contributed by atoms with Crippen LogP contribution in [0.5, 0.6) is 0 Å². The third kappa shape index (κ3) is 1.84. The maximum Gasteiger partial charge on any atom is -0.00206 e. The van der Waals surface area contributed by atoms with Crippen LogP contribution in [-0.2, 0) is 12.8 Å². The number of allylic oxidation sites excluding steroid dienone is 4. The number of rotatable bonds is 0. The minimum atomic E-state index is 1.11. The van der Waals surface area contributed by atoms with Crippen LogP contribution in [0, 0.1) is 27.7 Å². The molecule has 2 rings (SSSR count). The highest BCUT2D eigenvalue weighted by Gasteiger charge is 2.22. The van der Waals surface area contributed by atoms with Gasteiger partial charge in [0.05, 0.1) is 0 Å². The molecule has 1 aromatic carbocycles. The van der Waals surface area contributed by atoms with Crippen molar-refractivity contribution < 1.29 is 0 Å². The summed E-state index contributed by atoms with van der Waals surface area (Å²) < 4.78 is 0. The first-order valence-electron chi connectivity index (χ1n) is 6.90. The number of benzene rings is 1. The summed E-state index contributed by atoms with van der Waals surface area (Å²) in [6.45, 7) is 13.4. The van der Waals surface area contributed by atoms with E-state index in [0.29, 0.717) is 0 Å². The van der Waals surface area contributed by atoms with Crippen LogP contribution in [-0.4, -0.2) is 0 Å². The molecule has 0 N–H and O–H groups in total. The molecular formula is C18H24. The first kappa shape index (κ1) is 13.1. The Morgan fingerprint density at radius 1 is 0.611 bits per heavy atom. The Kier molecular flexibility index (Phi) is 3.47. The second-order valence-electron chi connectivity index (χ2n) is 5.44. The topological polar surface area (TPSA) is 0 Å². The lowest BCUT2D eigenvalue weighted by Gasteiger charge is -2.28. The molecule has 0 saturated heterocycles. The van der Waals surface area contributed by atoms with Crippen molar-refractivity contribution in [1.82, 2.24) is 0 Å². The van der Waals surface area contributed by atoms with E-state index in [4.69, 9.17) is 0 Å². The van der Waals surface area contributed by atoms with Gasteiger partial charge in [0.1, 0.15) is 0 Å². The molecule has 0 nitrogen and oxygen atoms in total. The molecule has 1 aromatic rings. The molecule has 0 atom stereocenters. The summed E-state index contributed by atoms with van der Waals surface area (Å²) in [5.74, 6) is 0. The molecule has 18 heavy (non-hydrogen) atoms. The van der Waals surface area contributed by atoms with Crippen molar-refractivity contribution in [2.24, 2.45) is 0 Å². The second kappa shape index (κ2) is 4.76. The third-order valence-electron chi connectivity index (χ3n) is 4.80. The summed E-state index contributed by atoms with van der Waals surface area (Å²) in [4.78, 5) is 0. The molecule has 0 aromatic heterocycles. The molecule has 96 valence electrons. The van der Waals surface area contributed by atoms with Gasteiger partial charge in [-0.1, -0.05) is 12.2 Å². The second-order valence-corrected chi connectivity index (χ2v) is 5.44. The van der Waals surface area contributed by atoms with E-state index in [1.165, 1.54) is 33.4 Å². The van der Waals surface area contributed by atoms with Gasteiger partial charge in [-0.3, -0.25) is 0 Å². The summed E-state index contributed by atoms with van der Waals surface area (Å²) in [7, 11) is 0. The van der Waals surface area contributed by atoms with Gasteiger partial charge in [-0.2, -0.15) is 0 Å². The summed E-state index contributed by atoms with van der Waals surface area (Å²) in [6, 6.07) is 0. The fourth-order valence-corrected chi connectivity index (χ4v) is 3.13. The summed E-state index contributed by atoms with van der Waals surface area (Å²) in [5.41, 5.74) is 12.1. The maximum atomic E-state index is 2.29. The highest BCUT2D eigenvalue weighted by atomic mass is 14.3. The minimum Gasteiger partial charge on any atom is -0.0838 e. The maximum absolute atomic E-state index is 2.29. The highest BCUT2D eigenvalue weighted by molar-refractivity contribution is 5.57. The molecule has 0 bridgehead atoms. The van der Waals surface area contributed by atoms with E-state index in [0.717, 1.165) is 12.8 Å². The largest absolute Gasteiger partial charge is 0.0838 e. The fourth-order valence-electron chi connectivity index (χ4n) is 3.13. The smallest absolute Gasteiger partial charge is 0.00206 e. The van der Waals surface area contributed by atoms with Crippen molar-refractivity contribution >= 4 is 0 Å². The average Bonchev–Trinajstić information content (AvgIpc) is 2.41. The molecule has 0 amide bonds. The van der Waals surface area contributed by atoms with Crippen LogP contribution in [0.25, 0.3) is 0 Å². The average molecular weight is 240 g/mol. The molecule has 0 spiro atoms. The Morgan fingerprint density at radius 2 is 0.944 bits per heavy atom. The van der Waals surface area contributed by atoms with Gasteiger partial charge in [-0.25, -0.2) is 0 Å². The Hall–Kier alpha value is -1.30. The van der Waals surface area contributed by atoms with Gasteiger partial charge in [-0.05, 0) is 98.9 Å². The Bertz CT molecular complexity index is 503. The Labute approximate surface area is 111 Å². The molecular weight excluding hydrogens is 216 g/mol. The molecule has 0 unspecified atom stereocenters. The summed E-state index contributed by atoms with van der Waals surface area (Å²) >= 11 is 0. The van der Waals surface area contributed by atoms with Crippen LogP contribution < -0.4 is 0 Å². The van der Waals surface area contributed by atoms with E-state index in [1.54, 1.807) is 11.1 Å². The van der Waals surface area contributed by atoms with Crippen LogP contribution in [0.2, 0.25) is 0 Å². The van der Waals surface area contributed by atoms with Crippen molar-refractivity contribution in [1.29, 1.82) is 0 Å². The minimum absolute atomic E-state index is 1.11. The van der Waals surface area contributed by atoms with Crippen molar-refractivity contribution in [3.8, 4) is 0 Å². The van der Waals surface area contributed by atoms with Crippen molar-refractivity contribution in [2.75, 3.05) is 0 Å². The van der Waals surface area contributed by atoms with E-state index in [2.05, 4.69) is 53.7 Å². The highest BCUT2D eigenvalue weighted by Crippen LogP contribution is 2.36. The first-order chi connectivity index (χ1) is 8.51. The Balaban J connectivity index is 2.70. The monoisotopic (exact) mass is 240 g/mol. The van der Waals surface area contributed by atoms with Gasteiger partial charge < -0.3 is 0 Å². The molecule has 0 heterocycles. The van der Waals surface area contributed by atoms with E-state index >= 15 is 0 Å². The lowest BCUT2D eigenvalue weighted by molar-refractivity contribution is 0.935. The molecule has 0 radical (unpaired) electrons. The van der Waals surface area contributed by atoms with E-state index in [1.807, 2.05) is 0 Å². The molecule has 0 heteroatoms. The lowest BCUT2D eigenvalue weighted by Crippen LogP contribution is -2.14. The SMILES string of the molecule is CC=C1Cc2c(C)c(C)c(C)c(C)c2CC1=CC. The summed E-state index contributed by atoms with van der Waals surface area (Å²) in [5, 5.41) is 0. The third-order valence-corrected chi connectivity index (χ3v) is 4.80. The van der Waals surface area contributed by atoms with Gasteiger partial charge in [0.15, 0.2) is 0 Å². The Morgan fingerprint density at radius 3 is 1.22 bits per heavy atom. The fraction of sp³-hybridized carbons (Fsp3) is 0.444. The van der Waals surface area contributed by atoms with Crippen LogP contribution in [0.3, 0.4) is 0 Å². The standard InChI is InChI=1S/C18H24/c1-7-15-9-17-13(5)11(3)12(4)14(6)18(17)10-16(15)8-2/h7-8H,9-10H2,1-6H3. The van der Waals surface area contributed by atoms with Gasteiger partial charge in [0.25, 0.3) is 0 Å². The number of fused-ring (bicyclic) bond motifs is 1.